The zero-order valence-electron chi connectivity index (χ0n) is 10.8. The highest BCUT2D eigenvalue weighted by Gasteiger charge is 2.30. The highest BCUT2D eigenvalue weighted by atomic mass is 19.4. The molecule has 1 fully saturated rings. The molecule has 0 aromatic carbocycles. The zero-order valence-corrected chi connectivity index (χ0v) is 10.8. The average Bonchev–Trinajstić information content (AvgIpc) is 2.37. The molecule has 6 heteroatoms. The van der Waals surface area contributed by atoms with E-state index in [1.165, 1.54) is 6.20 Å². The first-order valence-electron chi connectivity index (χ1n) is 6.45. The number of alkyl halides is 3. The Morgan fingerprint density at radius 2 is 2.21 bits per heavy atom. The third-order valence-electron chi connectivity index (χ3n) is 3.38. The Labute approximate surface area is 110 Å². The molecule has 1 aliphatic rings. The second kappa shape index (κ2) is 5.77. The van der Waals surface area contributed by atoms with Gasteiger partial charge in [-0.2, -0.15) is 13.2 Å². The van der Waals surface area contributed by atoms with Crippen LogP contribution in [0.5, 0.6) is 0 Å². The highest BCUT2D eigenvalue weighted by molar-refractivity contribution is 5.38. The van der Waals surface area contributed by atoms with Gasteiger partial charge in [0.05, 0.1) is 5.56 Å². The second-order valence-corrected chi connectivity index (χ2v) is 5.10. The van der Waals surface area contributed by atoms with Crippen molar-refractivity contribution in [2.75, 3.05) is 18.4 Å². The van der Waals surface area contributed by atoms with Gasteiger partial charge >= 0.3 is 6.18 Å². The number of piperidine rings is 1. The van der Waals surface area contributed by atoms with Crippen LogP contribution in [0.2, 0.25) is 0 Å². The lowest BCUT2D eigenvalue weighted by atomic mass is 9.96. The van der Waals surface area contributed by atoms with E-state index in [9.17, 15) is 13.2 Å². The van der Waals surface area contributed by atoms with E-state index in [1.54, 1.807) is 0 Å². The van der Waals surface area contributed by atoms with Crippen LogP contribution in [0, 0.1) is 5.92 Å². The molecule has 2 N–H and O–H groups in total. The molecule has 1 saturated heterocycles. The standard InChI is InChI=1S/C13H18F3N3/c1-9-2-3-11(18-7-9)8-19-12-6-10(4-5-17-12)13(14,15)16/h4-6,9,11,18H,2-3,7-8H2,1H3,(H,17,19). The number of pyridine rings is 1. The summed E-state index contributed by atoms with van der Waals surface area (Å²) in [6.07, 6.45) is -0.956. The largest absolute Gasteiger partial charge is 0.416 e. The van der Waals surface area contributed by atoms with Crippen LogP contribution in [-0.2, 0) is 6.18 Å². The highest BCUT2D eigenvalue weighted by Crippen LogP contribution is 2.29. The van der Waals surface area contributed by atoms with Gasteiger partial charge in [-0.25, -0.2) is 4.98 Å². The second-order valence-electron chi connectivity index (χ2n) is 5.10. The van der Waals surface area contributed by atoms with Gasteiger partial charge in [0.25, 0.3) is 0 Å². The van der Waals surface area contributed by atoms with Crippen molar-refractivity contribution in [3.05, 3.63) is 23.9 Å². The molecule has 0 amide bonds. The van der Waals surface area contributed by atoms with Gasteiger partial charge in [0.1, 0.15) is 5.82 Å². The quantitative estimate of drug-likeness (QED) is 0.889. The lowest BCUT2D eigenvalue weighted by molar-refractivity contribution is -0.137. The fourth-order valence-corrected chi connectivity index (χ4v) is 2.16. The van der Waals surface area contributed by atoms with Crippen LogP contribution in [0.25, 0.3) is 0 Å². The average molecular weight is 273 g/mol. The molecule has 0 saturated carbocycles. The molecule has 3 nitrogen and oxygen atoms in total. The molecule has 1 aromatic heterocycles. The third kappa shape index (κ3) is 4.09. The topological polar surface area (TPSA) is 37.0 Å². The van der Waals surface area contributed by atoms with Gasteiger partial charge < -0.3 is 10.6 Å². The molecular formula is C13H18F3N3. The van der Waals surface area contributed by atoms with Crippen molar-refractivity contribution in [2.45, 2.75) is 32.0 Å². The van der Waals surface area contributed by atoms with Crippen LogP contribution in [0.1, 0.15) is 25.3 Å². The number of nitrogens with zero attached hydrogens (tertiary/aromatic N) is 1. The summed E-state index contributed by atoms with van der Waals surface area (Å²) in [5.41, 5.74) is -0.671. The molecule has 1 aliphatic heterocycles. The lowest BCUT2D eigenvalue weighted by Crippen LogP contribution is -2.42. The molecule has 2 unspecified atom stereocenters. The summed E-state index contributed by atoms with van der Waals surface area (Å²) in [6.45, 7) is 3.74. The fraction of sp³-hybridized carbons (Fsp3) is 0.615. The van der Waals surface area contributed by atoms with Crippen LogP contribution in [-0.4, -0.2) is 24.1 Å². The monoisotopic (exact) mass is 273 g/mol. The molecule has 0 radical (unpaired) electrons. The molecular weight excluding hydrogens is 255 g/mol. The van der Waals surface area contributed by atoms with E-state index in [-0.39, 0.29) is 5.82 Å². The van der Waals surface area contributed by atoms with Crippen LogP contribution >= 0.6 is 0 Å². The minimum absolute atomic E-state index is 0.273. The third-order valence-corrected chi connectivity index (χ3v) is 3.38. The fourth-order valence-electron chi connectivity index (χ4n) is 2.16. The Bertz CT molecular complexity index is 412. The molecule has 106 valence electrons. The van der Waals surface area contributed by atoms with Gasteiger partial charge in [0.15, 0.2) is 0 Å². The van der Waals surface area contributed by atoms with Crippen molar-refractivity contribution in [1.29, 1.82) is 0 Å². The molecule has 2 rings (SSSR count). The minimum Gasteiger partial charge on any atom is -0.368 e. The van der Waals surface area contributed by atoms with Crippen molar-refractivity contribution in [1.82, 2.24) is 10.3 Å². The number of halogens is 3. The number of nitrogens with one attached hydrogen (secondary N) is 2. The van der Waals surface area contributed by atoms with E-state index in [4.69, 9.17) is 0 Å². The number of hydrogen-bond acceptors (Lipinski definition) is 3. The van der Waals surface area contributed by atoms with Gasteiger partial charge in [-0.15, -0.1) is 0 Å². The Balaban J connectivity index is 1.89. The van der Waals surface area contributed by atoms with E-state index in [1.807, 2.05) is 0 Å². The first-order valence-corrected chi connectivity index (χ1v) is 6.45. The number of anilines is 1. The number of aromatic nitrogens is 1. The van der Waals surface area contributed by atoms with Crippen molar-refractivity contribution < 1.29 is 13.2 Å². The van der Waals surface area contributed by atoms with Crippen LogP contribution in [0.3, 0.4) is 0 Å². The maximum atomic E-state index is 12.5. The van der Waals surface area contributed by atoms with E-state index in [0.29, 0.717) is 18.5 Å². The van der Waals surface area contributed by atoms with E-state index >= 15 is 0 Å². The van der Waals surface area contributed by atoms with Crippen molar-refractivity contribution in [2.24, 2.45) is 5.92 Å². The van der Waals surface area contributed by atoms with Crippen molar-refractivity contribution >= 4 is 5.82 Å². The molecule has 0 aliphatic carbocycles. The van der Waals surface area contributed by atoms with Gasteiger partial charge in [0, 0.05) is 18.8 Å². The molecule has 0 bridgehead atoms. The van der Waals surface area contributed by atoms with Gasteiger partial charge in [-0.05, 0) is 37.4 Å². The number of hydrogen-bond donors (Lipinski definition) is 2. The van der Waals surface area contributed by atoms with Gasteiger partial charge in [-0.3, -0.25) is 0 Å². The Morgan fingerprint density at radius 3 is 2.84 bits per heavy atom. The zero-order chi connectivity index (χ0) is 13.9. The molecule has 2 atom stereocenters. The summed E-state index contributed by atoms with van der Waals surface area (Å²) in [4.78, 5) is 3.91. The predicted molar refractivity (Wildman–Crippen MR) is 67.9 cm³/mol. The van der Waals surface area contributed by atoms with Crippen molar-refractivity contribution in [3.8, 4) is 0 Å². The summed E-state index contributed by atoms with van der Waals surface area (Å²) in [5, 5.41) is 6.34. The van der Waals surface area contributed by atoms with Gasteiger partial charge in [0.2, 0.25) is 0 Å². The summed E-state index contributed by atoms with van der Waals surface area (Å²) >= 11 is 0. The molecule has 2 heterocycles. The van der Waals surface area contributed by atoms with E-state index in [2.05, 4.69) is 22.5 Å². The Morgan fingerprint density at radius 1 is 1.42 bits per heavy atom. The first-order chi connectivity index (χ1) is 8.95. The van der Waals surface area contributed by atoms with Crippen LogP contribution < -0.4 is 10.6 Å². The number of rotatable bonds is 3. The van der Waals surface area contributed by atoms with Crippen LogP contribution in [0.4, 0.5) is 19.0 Å². The maximum absolute atomic E-state index is 12.5. The first kappa shape index (κ1) is 14.1. The minimum atomic E-state index is -4.32. The Kier molecular flexibility index (Phi) is 4.29. The SMILES string of the molecule is CC1CCC(CNc2cc(C(F)(F)F)ccn2)NC1. The molecule has 0 spiro atoms. The Hall–Kier alpha value is -1.30. The van der Waals surface area contributed by atoms with Crippen molar-refractivity contribution in [3.63, 3.8) is 0 Å². The normalized spacial score (nSPS) is 24.2. The molecule has 19 heavy (non-hydrogen) atoms. The summed E-state index contributed by atoms with van der Waals surface area (Å²) < 4.78 is 37.6. The van der Waals surface area contributed by atoms with E-state index < -0.39 is 11.7 Å². The summed E-state index contributed by atoms with van der Waals surface area (Å²) in [5.74, 6) is 0.943. The smallest absolute Gasteiger partial charge is 0.368 e. The lowest BCUT2D eigenvalue weighted by Gasteiger charge is -2.28. The predicted octanol–water partition coefficient (Wildman–Crippen LogP) is 2.90. The van der Waals surface area contributed by atoms with E-state index in [0.717, 1.165) is 31.5 Å². The maximum Gasteiger partial charge on any atom is 0.416 e. The summed E-state index contributed by atoms with van der Waals surface area (Å²) in [6, 6.07) is 2.32. The van der Waals surface area contributed by atoms with Gasteiger partial charge in [-0.1, -0.05) is 6.92 Å². The van der Waals surface area contributed by atoms with Crippen LogP contribution in [0.15, 0.2) is 18.3 Å². The molecule has 1 aromatic rings. The summed E-state index contributed by atoms with van der Waals surface area (Å²) in [7, 11) is 0.